The molecular formula is C13H11NO2. The van der Waals surface area contributed by atoms with E-state index in [1.165, 1.54) is 4.90 Å². The van der Waals surface area contributed by atoms with Gasteiger partial charge in [0.05, 0.1) is 17.7 Å². The summed E-state index contributed by atoms with van der Waals surface area (Å²) in [7, 11) is 0. The van der Waals surface area contributed by atoms with Crippen molar-refractivity contribution in [2.45, 2.75) is 0 Å². The van der Waals surface area contributed by atoms with E-state index in [0.717, 1.165) is 0 Å². The zero-order chi connectivity index (χ0) is 11.7. The first-order valence-corrected chi connectivity index (χ1v) is 4.90. The Bertz CT molecular complexity index is 467. The molecule has 1 aliphatic rings. The molecule has 80 valence electrons. The SMILES string of the molecule is C=CC(=C)CN1C(=O)c2ccccc2C1=O. The second-order valence-electron chi connectivity index (χ2n) is 3.60. The molecule has 16 heavy (non-hydrogen) atoms. The molecule has 0 fully saturated rings. The molecule has 0 spiro atoms. The van der Waals surface area contributed by atoms with E-state index in [9.17, 15) is 9.59 Å². The average molecular weight is 213 g/mol. The van der Waals surface area contributed by atoms with Gasteiger partial charge < -0.3 is 0 Å². The number of carbonyl (C=O) groups is 2. The van der Waals surface area contributed by atoms with Gasteiger partial charge in [0.1, 0.15) is 0 Å². The first-order valence-electron chi connectivity index (χ1n) is 4.90. The van der Waals surface area contributed by atoms with Crippen molar-refractivity contribution in [3.63, 3.8) is 0 Å². The highest BCUT2D eigenvalue weighted by Crippen LogP contribution is 2.22. The predicted molar refractivity (Wildman–Crippen MR) is 61.1 cm³/mol. The predicted octanol–water partition coefficient (Wildman–Crippen LogP) is 2.02. The Morgan fingerprint density at radius 1 is 1.19 bits per heavy atom. The van der Waals surface area contributed by atoms with Crippen LogP contribution >= 0.6 is 0 Å². The minimum absolute atomic E-state index is 0.204. The number of rotatable bonds is 3. The fourth-order valence-corrected chi connectivity index (χ4v) is 1.65. The van der Waals surface area contributed by atoms with E-state index in [2.05, 4.69) is 13.2 Å². The number of fused-ring (bicyclic) bond motifs is 1. The molecule has 0 radical (unpaired) electrons. The second kappa shape index (κ2) is 3.77. The number of benzene rings is 1. The highest BCUT2D eigenvalue weighted by atomic mass is 16.2. The van der Waals surface area contributed by atoms with E-state index in [4.69, 9.17) is 0 Å². The molecule has 1 aliphatic heterocycles. The van der Waals surface area contributed by atoms with Crippen molar-refractivity contribution >= 4 is 11.8 Å². The average Bonchev–Trinajstić information content (AvgIpc) is 2.55. The van der Waals surface area contributed by atoms with Gasteiger partial charge in [-0.25, -0.2) is 0 Å². The van der Waals surface area contributed by atoms with Gasteiger partial charge in [-0.05, 0) is 17.7 Å². The molecule has 1 aromatic carbocycles. The third-order valence-corrected chi connectivity index (χ3v) is 2.53. The first kappa shape index (κ1) is 10.4. The van der Waals surface area contributed by atoms with Gasteiger partial charge in [-0.3, -0.25) is 14.5 Å². The summed E-state index contributed by atoms with van der Waals surface area (Å²) in [5.74, 6) is -0.521. The number of amides is 2. The van der Waals surface area contributed by atoms with Crippen molar-refractivity contribution < 1.29 is 9.59 Å². The van der Waals surface area contributed by atoms with Crippen molar-refractivity contribution in [2.75, 3.05) is 6.54 Å². The van der Waals surface area contributed by atoms with Crippen molar-refractivity contribution in [1.82, 2.24) is 4.90 Å². The molecular weight excluding hydrogens is 202 g/mol. The van der Waals surface area contributed by atoms with Gasteiger partial charge >= 0.3 is 0 Å². The van der Waals surface area contributed by atoms with Crippen LogP contribution in [-0.4, -0.2) is 23.3 Å². The van der Waals surface area contributed by atoms with Crippen LogP contribution in [0.2, 0.25) is 0 Å². The third-order valence-electron chi connectivity index (χ3n) is 2.53. The normalized spacial score (nSPS) is 13.9. The van der Waals surface area contributed by atoms with Crippen molar-refractivity contribution in [1.29, 1.82) is 0 Å². The molecule has 2 amide bonds. The van der Waals surface area contributed by atoms with E-state index in [0.29, 0.717) is 16.7 Å². The molecule has 0 unspecified atom stereocenters. The fraction of sp³-hybridized carbons (Fsp3) is 0.0769. The quantitative estimate of drug-likeness (QED) is 0.569. The summed E-state index contributed by atoms with van der Waals surface area (Å²) in [6.07, 6.45) is 1.55. The summed E-state index contributed by atoms with van der Waals surface area (Å²) in [6, 6.07) is 6.81. The Hall–Kier alpha value is -2.16. The van der Waals surface area contributed by atoms with E-state index >= 15 is 0 Å². The fourth-order valence-electron chi connectivity index (χ4n) is 1.65. The van der Waals surface area contributed by atoms with E-state index in [1.54, 1.807) is 30.3 Å². The van der Waals surface area contributed by atoms with Gasteiger partial charge in [0, 0.05) is 0 Å². The maximum atomic E-state index is 11.9. The minimum Gasteiger partial charge on any atom is -0.270 e. The van der Waals surface area contributed by atoms with Crippen LogP contribution < -0.4 is 0 Å². The van der Waals surface area contributed by atoms with Crippen LogP contribution in [0.3, 0.4) is 0 Å². The summed E-state index contributed by atoms with van der Waals surface area (Å²) in [6.45, 7) is 7.46. The van der Waals surface area contributed by atoms with Crippen molar-refractivity contribution in [3.8, 4) is 0 Å². The molecule has 3 heteroatoms. The van der Waals surface area contributed by atoms with Crippen LogP contribution in [0.5, 0.6) is 0 Å². The Kier molecular flexibility index (Phi) is 2.44. The monoisotopic (exact) mass is 213 g/mol. The minimum atomic E-state index is -0.261. The van der Waals surface area contributed by atoms with Crippen molar-refractivity contribution in [3.05, 3.63) is 60.2 Å². The molecule has 0 aromatic heterocycles. The molecule has 1 aromatic rings. The Labute approximate surface area is 93.7 Å². The summed E-state index contributed by atoms with van der Waals surface area (Å²) in [4.78, 5) is 25.0. The van der Waals surface area contributed by atoms with E-state index in [-0.39, 0.29) is 18.4 Å². The van der Waals surface area contributed by atoms with Gasteiger partial charge in [-0.2, -0.15) is 0 Å². The highest BCUT2D eigenvalue weighted by molar-refractivity contribution is 6.21. The maximum absolute atomic E-state index is 11.9. The number of carbonyl (C=O) groups excluding carboxylic acids is 2. The summed E-state index contributed by atoms with van der Waals surface area (Å²) >= 11 is 0. The standard InChI is InChI=1S/C13H11NO2/c1-3-9(2)8-14-12(15)10-6-4-5-7-11(10)13(14)16/h3-7H,1-2,8H2. The summed E-state index contributed by atoms with van der Waals surface area (Å²) in [5.41, 5.74) is 1.57. The lowest BCUT2D eigenvalue weighted by Crippen LogP contribution is -2.31. The molecule has 0 N–H and O–H groups in total. The lowest BCUT2D eigenvalue weighted by atomic mass is 10.1. The van der Waals surface area contributed by atoms with Crippen LogP contribution in [0.25, 0.3) is 0 Å². The third kappa shape index (κ3) is 1.46. The molecule has 3 nitrogen and oxygen atoms in total. The molecule has 0 saturated carbocycles. The summed E-state index contributed by atoms with van der Waals surface area (Å²) in [5, 5.41) is 0. The highest BCUT2D eigenvalue weighted by Gasteiger charge is 2.34. The van der Waals surface area contributed by atoms with Gasteiger partial charge in [-0.1, -0.05) is 31.4 Å². The zero-order valence-electron chi connectivity index (χ0n) is 8.77. The number of hydrogen-bond donors (Lipinski definition) is 0. The van der Waals surface area contributed by atoms with Crippen LogP contribution in [0.4, 0.5) is 0 Å². The van der Waals surface area contributed by atoms with E-state index in [1.807, 2.05) is 0 Å². The van der Waals surface area contributed by atoms with Crippen LogP contribution in [0, 0.1) is 0 Å². The van der Waals surface area contributed by atoms with Crippen molar-refractivity contribution in [2.24, 2.45) is 0 Å². The van der Waals surface area contributed by atoms with E-state index < -0.39 is 0 Å². The van der Waals surface area contributed by atoms with Gasteiger partial charge in [0.15, 0.2) is 0 Å². The van der Waals surface area contributed by atoms with Crippen LogP contribution in [0.15, 0.2) is 49.1 Å². The van der Waals surface area contributed by atoms with Crippen LogP contribution in [-0.2, 0) is 0 Å². The van der Waals surface area contributed by atoms with Gasteiger partial charge in [-0.15, -0.1) is 0 Å². The molecule has 0 atom stereocenters. The lowest BCUT2D eigenvalue weighted by Gasteiger charge is -2.13. The number of hydrogen-bond acceptors (Lipinski definition) is 2. The van der Waals surface area contributed by atoms with Gasteiger partial charge in [0.25, 0.3) is 11.8 Å². The Morgan fingerprint density at radius 3 is 2.12 bits per heavy atom. The smallest absolute Gasteiger partial charge is 0.261 e. The summed E-state index contributed by atoms with van der Waals surface area (Å²) < 4.78 is 0. The van der Waals surface area contributed by atoms with Crippen LogP contribution in [0.1, 0.15) is 20.7 Å². The topological polar surface area (TPSA) is 37.4 Å². The first-order chi connectivity index (χ1) is 7.65. The van der Waals surface area contributed by atoms with Gasteiger partial charge in [0.2, 0.25) is 0 Å². The number of nitrogens with zero attached hydrogens (tertiary/aromatic N) is 1. The second-order valence-corrected chi connectivity index (χ2v) is 3.60. The lowest BCUT2D eigenvalue weighted by molar-refractivity contribution is 0.0669. The number of imide groups is 1. The molecule has 1 heterocycles. The molecule has 0 aliphatic carbocycles. The molecule has 0 saturated heterocycles. The Balaban J connectivity index is 2.35. The molecule has 2 rings (SSSR count). The Morgan fingerprint density at radius 2 is 1.69 bits per heavy atom. The molecule has 0 bridgehead atoms. The maximum Gasteiger partial charge on any atom is 0.261 e. The zero-order valence-corrected chi connectivity index (χ0v) is 8.77. The largest absolute Gasteiger partial charge is 0.270 e.